The maximum atomic E-state index is 13.0. The Bertz CT molecular complexity index is 382. The summed E-state index contributed by atoms with van der Waals surface area (Å²) in [6.07, 6.45) is 4.70. The second-order valence-electron chi connectivity index (χ2n) is 4.39. The summed E-state index contributed by atoms with van der Waals surface area (Å²) in [5.41, 5.74) is 0.512. The standard InChI is InChI=1S/C14H20FNO2/c1-2-3-4-5-9-13(14(17)18)16-12-8-6-7-11(15)10-12/h6-8,10,13,16H,2-5,9H2,1H3,(H,17,18). The van der Waals surface area contributed by atoms with Crippen molar-refractivity contribution in [3.8, 4) is 0 Å². The minimum absolute atomic E-state index is 0.366. The lowest BCUT2D eigenvalue weighted by Gasteiger charge is -2.15. The van der Waals surface area contributed by atoms with Gasteiger partial charge in [0.1, 0.15) is 11.9 Å². The number of benzene rings is 1. The van der Waals surface area contributed by atoms with Crippen LogP contribution in [0.15, 0.2) is 24.3 Å². The van der Waals surface area contributed by atoms with E-state index in [-0.39, 0.29) is 5.82 Å². The van der Waals surface area contributed by atoms with Crippen molar-refractivity contribution in [1.82, 2.24) is 0 Å². The van der Waals surface area contributed by atoms with Gasteiger partial charge in [0.15, 0.2) is 0 Å². The van der Waals surface area contributed by atoms with Crippen LogP contribution in [0.1, 0.15) is 39.0 Å². The van der Waals surface area contributed by atoms with Gasteiger partial charge in [0, 0.05) is 5.69 Å². The molecule has 100 valence electrons. The van der Waals surface area contributed by atoms with Gasteiger partial charge in [-0.15, -0.1) is 0 Å². The van der Waals surface area contributed by atoms with Crippen LogP contribution in [0.3, 0.4) is 0 Å². The SMILES string of the molecule is CCCCCCC(Nc1cccc(F)c1)C(=O)O. The molecule has 1 atom stereocenters. The highest BCUT2D eigenvalue weighted by Crippen LogP contribution is 2.14. The van der Waals surface area contributed by atoms with Gasteiger partial charge in [-0.3, -0.25) is 0 Å². The highest BCUT2D eigenvalue weighted by Gasteiger charge is 2.16. The zero-order valence-corrected chi connectivity index (χ0v) is 10.7. The molecule has 0 heterocycles. The molecule has 4 heteroatoms. The normalized spacial score (nSPS) is 12.1. The number of carboxylic acid groups (broad SMARTS) is 1. The zero-order chi connectivity index (χ0) is 13.4. The summed E-state index contributed by atoms with van der Waals surface area (Å²) < 4.78 is 13.0. The lowest BCUT2D eigenvalue weighted by Crippen LogP contribution is -2.29. The molecule has 1 aromatic rings. The number of hydrogen-bond acceptors (Lipinski definition) is 2. The Labute approximate surface area is 107 Å². The van der Waals surface area contributed by atoms with Gasteiger partial charge < -0.3 is 10.4 Å². The average molecular weight is 253 g/mol. The van der Waals surface area contributed by atoms with Crippen LogP contribution in [0.2, 0.25) is 0 Å². The van der Waals surface area contributed by atoms with E-state index in [2.05, 4.69) is 12.2 Å². The summed E-state index contributed by atoms with van der Waals surface area (Å²) in [5.74, 6) is -1.26. The molecule has 0 saturated heterocycles. The molecule has 0 aromatic heterocycles. The molecule has 3 nitrogen and oxygen atoms in total. The summed E-state index contributed by atoms with van der Waals surface area (Å²) in [6.45, 7) is 2.11. The third kappa shape index (κ3) is 5.17. The van der Waals surface area contributed by atoms with Crippen LogP contribution in [0.25, 0.3) is 0 Å². The Morgan fingerprint density at radius 1 is 1.39 bits per heavy atom. The molecule has 0 spiro atoms. The number of unbranched alkanes of at least 4 members (excludes halogenated alkanes) is 3. The maximum Gasteiger partial charge on any atom is 0.326 e. The van der Waals surface area contributed by atoms with E-state index in [0.29, 0.717) is 12.1 Å². The van der Waals surface area contributed by atoms with E-state index in [9.17, 15) is 9.18 Å². The van der Waals surface area contributed by atoms with Gasteiger partial charge in [0.2, 0.25) is 0 Å². The quantitative estimate of drug-likeness (QED) is 0.695. The minimum atomic E-state index is -0.893. The number of aliphatic carboxylic acids is 1. The molecular formula is C14H20FNO2. The number of nitrogens with one attached hydrogen (secondary N) is 1. The van der Waals surface area contributed by atoms with Crippen LogP contribution in [-0.4, -0.2) is 17.1 Å². The number of hydrogen-bond donors (Lipinski definition) is 2. The average Bonchev–Trinajstić information content (AvgIpc) is 2.33. The van der Waals surface area contributed by atoms with Gasteiger partial charge in [-0.25, -0.2) is 9.18 Å². The summed E-state index contributed by atoms with van der Waals surface area (Å²) >= 11 is 0. The summed E-state index contributed by atoms with van der Waals surface area (Å²) in [4.78, 5) is 11.1. The number of carboxylic acids is 1. The van der Waals surface area contributed by atoms with E-state index in [0.717, 1.165) is 25.7 Å². The van der Waals surface area contributed by atoms with E-state index in [1.807, 2.05) is 0 Å². The molecular weight excluding hydrogens is 233 g/mol. The van der Waals surface area contributed by atoms with Crippen molar-refractivity contribution in [2.75, 3.05) is 5.32 Å². The van der Waals surface area contributed by atoms with Crippen LogP contribution in [0.4, 0.5) is 10.1 Å². The Hall–Kier alpha value is -1.58. The van der Waals surface area contributed by atoms with Crippen molar-refractivity contribution in [2.24, 2.45) is 0 Å². The van der Waals surface area contributed by atoms with E-state index in [4.69, 9.17) is 5.11 Å². The van der Waals surface area contributed by atoms with Crippen LogP contribution in [0.5, 0.6) is 0 Å². The van der Waals surface area contributed by atoms with Crippen LogP contribution >= 0.6 is 0 Å². The molecule has 2 N–H and O–H groups in total. The second-order valence-corrected chi connectivity index (χ2v) is 4.39. The first kappa shape index (κ1) is 14.5. The fraction of sp³-hybridized carbons (Fsp3) is 0.500. The van der Waals surface area contributed by atoms with Gasteiger partial charge >= 0.3 is 5.97 Å². The number of halogens is 1. The first-order valence-corrected chi connectivity index (χ1v) is 6.38. The summed E-state index contributed by atoms with van der Waals surface area (Å²) in [6, 6.07) is 5.23. The van der Waals surface area contributed by atoms with Gasteiger partial charge in [-0.05, 0) is 24.6 Å². The van der Waals surface area contributed by atoms with Crippen molar-refractivity contribution in [3.05, 3.63) is 30.1 Å². The van der Waals surface area contributed by atoms with Gasteiger partial charge in [-0.2, -0.15) is 0 Å². The molecule has 18 heavy (non-hydrogen) atoms. The third-order valence-electron chi connectivity index (χ3n) is 2.81. The highest BCUT2D eigenvalue weighted by atomic mass is 19.1. The van der Waals surface area contributed by atoms with E-state index < -0.39 is 12.0 Å². The molecule has 0 fully saturated rings. The molecule has 0 amide bonds. The predicted octanol–water partition coefficient (Wildman–Crippen LogP) is 3.66. The fourth-order valence-electron chi connectivity index (χ4n) is 1.81. The highest BCUT2D eigenvalue weighted by molar-refractivity contribution is 5.77. The number of carbonyl (C=O) groups is 1. The van der Waals surface area contributed by atoms with Gasteiger partial charge in [0.25, 0.3) is 0 Å². The van der Waals surface area contributed by atoms with Crippen LogP contribution in [-0.2, 0) is 4.79 Å². The Balaban J connectivity index is 2.50. The second kappa shape index (κ2) is 7.69. The molecule has 1 aromatic carbocycles. The van der Waals surface area contributed by atoms with E-state index in [1.165, 1.54) is 12.1 Å². The Morgan fingerprint density at radius 3 is 2.78 bits per heavy atom. The first-order valence-electron chi connectivity index (χ1n) is 6.38. The van der Waals surface area contributed by atoms with Crippen molar-refractivity contribution in [3.63, 3.8) is 0 Å². The monoisotopic (exact) mass is 253 g/mol. The molecule has 1 rings (SSSR count). The first-order chi connectivity index (χ1) is 8.63. The summed E-state index contributed by atoms with van der Waals surface area (Å²) in [5, 5.41) is 12.0. The molecule has 0 aliphatic rings. The smallest absolute Gasteiger partial charge is 0.326 e. The predicted molar refractivity (Wildman–Crippen MR) is 70.2 cm³/mol. The zero-order valence-electron chi connectivity index (χ0n) is 10.7. The molecule has 0 aliphatic heterocycles. The number of rotatable bonds is 8. The van der Waals surface area contributed by atoms with E-state index in [1.54, 1.807) is 12.1 Å². The molecule has 0 aliphatic carbocycles. The molecule has 0 bridgehead atoms. The van der Waals surface area contributed by atoms with Crippen molar-refractivity contribution < 1.29 is 14.3 Å². The molecule has 1 unspecified atom stereocenters. The van der Waals surface area contributed by atoms with Gasteiger partial charge in [-0.1, -0.05) is 38.7 Å². The third-order valence-corrected chi connectivity index (χ3v) is 2.81. The lowest BCUT2D eigenvalue weighted by molar-refractivity contribution is -0.138. The van der Waals surface area contributed by atoms with Crippen molar-refractivity contribution in [2.45, 2.75) is 45.1 Å². The molecule has 0 saturated carbocycles. The van der Waals surface area contributed by atoms with Crippen molar-refractivity contribution in [1.29, 1.82) is 0 Å². The molecule has 0 radical (unpaired) electrons. The lowest BCUT2D eigenvalue weighted by atomic mass is 10.1. The van der Waals surface area contributed by atoms with Crippen LogP contribution < -0.4 is 5.32 Å². The largest absolute Gasteiger partial charge is 0.480 e. The summed E-state index contributed by atoms with van der Waals surface area (Å²) in [7, 11) is 0. The Morgan fingerprint density at radius 2 is 2.17 bits per heavy atom. The fourth-order valence-corrected chi connectivity index (χ4v) is 1.81. The number of anilines is 1. The van der Waals surface area contributed by atoms with Gasteiger partial charge in [0.05, 0.1) is 0 Å². The van der Waals surface area contributed by atoms with Crippen molar-refractivity contribution >= 4 is 11.7 Å². The maximum absolute atomic E-state index is 13.0. The van der Waals surface area contributed by atoms with Crippen LogP contribution in [0, 0.1) is 5.82 Å². The van der Waals surface area contributed by atoms with E-state index >= 15 is 0 Å². The minimum Gasteiger partial charge on any atom is -0.480 e. The topological polar surface area (TPSA) is 49.3 Å². The Kier molecular flexibility index (Phi) is 6.19.